The Morgan fingerprint density at radius 1 is 0.721 bits per heavy atom. The molecule has 43 heavy (non-hydrogen) atoms. The van der Waals surface area contributed by atoms with E-state index < -0.39 is 6.17 Å². The number of rotatable bonds is 4. The molecule has 0 fully saturated rings. The van der Waals surface area contributed by atoms with Crippen LogP contribution in [0, 0.1) is 0 Å². The van der Waals surface area contributed by atoms with Gasteiger partial charge in [-0.1, -0.05) is 80.2 Å². The fourth-order valence-corrected chi connectivity index (χ4v) is 8.02. The predicted octanol–water partition coefficient (Wildman–Crippen LogP) is 10.1. The van der Waals surface area contributed by atoms with Crippen LogP contribution >= 0.6 is 11.8 Å². The van der Waals surface area contributed by atoms with Crippen molar-refractivity contribution in [2.75, 3.05) is 0 Å². The molecule has 0 saturated heterocycles. The number of hydrogen-bond acceptors (Lipinski definition) is 3. The second-order valence-corrected chi connectivity index (χ2v) is 12.6. The van der Waals surface area contributed by atoms with E-state index in [1.165, 1.54) is 26.3 Å². The molecule has 4 aromatic carbocycles. The summed E-state index contributed by atoms with van der Waals surface area (Å²) in [7, 11) is 0. The molecule has 1 aliphatic heterocycles. The van der Waals surface area contributed by atoms with Gasteiger partial charge in [-0.2, -0.15) is 0 Å². The van der Waals surface area contributed by atoms with E-state index in [1.807, 2.05) is 90.8 Å². The SMILES string of the molecule is CC1(C)c2ccccc2Sc2ccc3c(c21)c1cccnc1n3-c1cccc(C(F)c2cccc(-c3ccccn3)c2)c1. The highest BCUT2D eigenvalue weighted by molar-refractivity contribution is 7.99. The Hall–Kier alpha value is -4.74. The number of hydrogen-bond donors (Lipinski definition) is 0. The lowest BCUT2D eigenvalue weighted by molar-refractivity contribution is 0.402. The second-order valence-electron chi connectivity index (χ2n) is 11.6. The molecule has 1 aliphatic rings. The summed E-state index contributed by atoms with van der Waals surface area (Å²) in [6.07, 6.45) is 2.31. The maximum Gasteiger partial charge on any atom is 0.150 e. The average Bonchev–Trinajstić information content (AvgIpc) is 3.39. The van der Waals surface area contributed by atoms with Gasteiger partial charge < -0.3 is 0 Å². The van der Waals surface area contributed by atoms with Crippen molar-refractivity contribution in [2.45, 2.75) is 35.2 Å². The lowest BCUT2D eigenvalue weighted by Gasteiger charge is -2.35. The monoisotopic (exact) mass is 577 g/mol. The molecule has 7 aromatic rings. The zero-order valence-electron chi connectivity index (χ0n) is 23.8. The molecule has 5 heteroatoms. The molecule has 0 bridgehead atoms. The number of benzene rings is 4. The van der Waals surface area contributed by atoms with E-state index in [0.29, 0.717) is 11.1 Å². The molecule has 0 radical (unpaired) electrons. The average molecular weight is 578 g/mol. The first-order chi connectivity index (χ1) is 21.0. The molecule has 3 nitrogen and oxygen atoms in total. The third kappa shape index (κ3) is 4.10. The molecular weight excluding hydrogens is 550 g/mol. The summed E-state index contributed by atoms with van der Waals surface area (Å²) < 4.78 is 18.4. The fourth-order valence-electron chi connectivity index (χ4n) is 6.61. The first kappa shape index (κ1) is 25.9. The lowest BCUT2D eigenvalue weighted by atomic mass is 9.76. The minimum absolute atomic E-state index is 0.198. The maximum absolute atomic E-state index is 16.2. The standard InChI is InChI=1S/C38H28FN3S/c1-38(2)29-15-3-4-17-32(29)43-33-19-18-31-34(35(33)38)28-14-9-21-41-37(28)42(31)27-13-8-12-26(23-27)36(39)25-11-7-10-24(22-25)30-16-5-6-20-40-30/h3-23,36H,1-2H3. The minimum Gasteiger partial charge on any atom is -0.294 e. The van der Waals surface area contributed by atoms with Gasteiger partial charge in [0.1, 0.15) is 5.65 Å². The minimum atomic E-state index is -1.29. The Kier molecular flexibility index (Phi) is 5.98. The van der Waals surface area contributed by atoms with Crippen LogP contribution in [0.15, 0.2) is 137 Å². The van der Waals surface area contributed by atoms with Crippen LogP contribution in [-0.4, -0.2) is 14.5 Å². The van der Waals surface area contributed by atoms with Crippen LogP contribution in [0.25, 0.3) is 38.9 Å². The third-order valence-electron chi connectivity index (χ3n) is 8.62. The first-order valence-corrected chi connectivity index (χ1v) is 15.3. The zero-order valence-corrected chi connectivity index (χ0v) is 24.6. The molecule has 3 aromatic heterocycles. The van der Waals surface area contributed by atoms with Gasteiger partial charge in [-0.3, -0.25) is 9.55 Å². The Morgan fingerprint density at radius 2 is 1.51 bits per heavy atom. The molecule has 208 valence electrons. The highest BCUT2D eigenvalue weighted by Gasteiger charge is 2.36. The van der Waals surface area contributed by atoms with Gasteiger partial charge in [-0.15, -0.1) is 0 Å². The lowest BCUT2D eigenvalue weighted by Crippen LogP contribution is -2.24. The Labute approximate surface area is 254 Å². The second kappa shape index (κ2) is 9.92. The highest BCUT2D eigenvalue weighted by atomic mass is 32.2. The molecular formula is C38H28FN3S. The number of halogens is 1. The number of nitrogens with zero attached hydrogens (tertiary/aromatic N) is 3. The maximum atomic E-state index is 16.2. The van der Waals surface area contributed by atoms with Crippen LogP contribution in [-0.2, 0) is 5.41 Å². The van der Waals surface area contributed by atoms with Crippen molar-refractivity contribution in [3.63, 3.8) is 0 Å². The topological polar surface area (TPSA) is 30.7 Å². The number of aromatic nitrogens is 3. The van der Waals surface area contributed by atoms with Gasteiger partial charge in [0, 0.05) is 49.6 Å². The van der Waals surface area contributed by atoms with Crippen molar-refractivity contribution < 1.29 is 4.39 Å². The predicted molar refractivity (Wildman–Crippen MR) is 174 cm³/mol. The Morgan fingerprint density at radius 3 is 2.37 bits per heavy atom. The Balaban J connectivity index is 1.29. The van der Waals surface area contributed by atoms with Crippen LogP contribution < -0.4 is 0 Å². The largest absolute Gasteiger partial charge is 0.294 e. The van der Waals surface area contributed by atoms with Crippen LogP contribution in [0.5, 0.6) is 0 Å². The summed E-state index contributed by atoms with van der Waals surface area (Å²) >= 11 is 1.83. The molecule has 4 heterocycles. The number of alkyl halides is 1. The van der Waals surface area contributed by atoms with Gasteiger partial charge >= 0.3 is 0 Å². The Bertz CT molecular complexity index is 2170. The van der Waals surface area contributed by atoms with E-state index in [4.69, 9.17) is 4.98 Å². The van der Waals surface area contributed by atoms with E-state index in [1.54, 1.807) is 6.20 Å². The summed E-state index contributed by atoms with van der Waals surface area (Å²) in [5.74, 6) is 0. The van der Waals surface area contributed by atoms with Gasteiger partial charge in [-0.05, 0) is 82.9 Å². The molecule has 8 rings (SSSR count). The van der Waals surface area contributed by atoms with Crippen molar-refractivity contribution >= 4 is 33.7 Å². The highest BCUT2D eigenvalue weighted by Crippen LogP contribution is 2.53. The molecule has 0 spiro atoms. The molecule has 0 aliphatic carbocycles. The molecule has 0 saturated carbocycles. The summed E-state index contributed by atoms with van der Waals surface area (Å²) in [5.41, 5.74) is 8.22. The van der Waals surface area contributed by atoms with Gasteiger partial charge in [0.15, 0.2) is 6.17 Å². The summed E-state index contributed by atoms with van der Waals surface area (Å²) in [5, 5.41) is 2.31. The summed E-state index contributed by atoms with van der Waals surface area (Å²) in [4.78, 5) is 11.9. The summed E-state index contributed by atoms with van der Waals surface area (Å²) in [6, 6.07) is 38.5. The number of fused-ring (bicyclic) bond motifs is 6. The van der Waals surface area contributed by atoms with Gasteiger partial charge in [-0.25, -0.2) is 9.37 Å². The van der Waals surface area contributed by atoms with Crippen LogP contribution in [0.1, 0.15) is 42.3 Å². The van der Waals surface area contributed by atoms with E-state index in [-0.39, 0.29) is 5.41 Å². The van der Waals surface area contributed by atoms with Crippen molar-refractivity contribution in [2.24, 2.45) is 0 Å². The first-order valence-electron chi connectivity index (χ1n) is 14.5. The van der Waals surface area contributed by atoms with Crippen molar-refractivity contribution in [3.05, 3.63) is 150 Å². The van der Waals surface area contributed by atoms with E-state index in [9.17, 15) is 0 Å². The van der Waals surface area contributed by atoms with Crippen LogP contribution in [0.4, 0.5) is 4.39 Å². The molecule has 1 atom stereocenters. The van der Waals surface area contributed by atoms with Crippen molar-refractivity contribution in [1.29, 1.82) is 0 Å². The van der Waals surface area contributed by atoms with Crippen LogP contribution in [0.2, 0.25) is 0 Å². The van der Waals surface area contributed by atoms with Gasteiger partial charge in [0.2, 0.25) is 0 Å². The van der Waals surface area contributed by atoms with E-state index >= 15 is 4.39 Å². The van der Waals surface area contributed by atoms with Gasteiger partial charge in [0.05, 0.1) is 11.2 Å². The number of pyridine rings is 2. The quantitative estimate of drug-likeness (QED) is 0.209. The fraction of sp³-hybridized carbons (Fsp3) is 0.105. The molecule has 0 amide bonds. The normalized spacial score (nSPS) is 14.4. The summed E-state index contributed by atoms with van der Waals surface area (Å²) in [6.45, 7) is 4.63. The smallest absolute Gasteiger partial charge is 0.150 e. The van der Waals surface area contributed by atoms with E-state index in [0.717, 1.165) is 33.5 Å². The molecule has 0 N–H and O–H groups in total. The third-order valence-corrected chi connectivity index (χ3v) is 9.76. The van der Waals surface area contributed by atoms with E-state index in [2.05, 4.69) is 65.9 Å². The molecule has 1 unspecified atom stereocenters. The van der Waals surface area contributed by atoms with Gasteiger partial charge in [0.25, 0.3) is 0 Å². The van der Waals surface area contributed by atoms with Crippen molar-refractivity contribution in [1.82, 2.24) is 14.5 Å². The van der Waals surface area contributed by atoms with Crippen LogP contribution in [0.3, 0.4) is 0 Å². The zero-order chi connectivity index (χ0) is 29.1. The van der Waals surface area contributed by atoms with Crippen molar-refractivity contribution in [3.8, 4) is 16.9 Å².